The maximum Gasteiger partial charge on any atom is 0.416 e. The van der Waals surface area contributed by atoms with Gasteiger partial charge < -0.3 is 5.32 Å². The summed E-state index contributed by atoms with van der Waals surface area (Å²) >= 11 is 0. The van der Waals surface area contributed by atoms with Gasteiger partial charge in [0.1, 0.15) is 0 Å². The van der Waals surface area contributed by atoms with Crippen molar-refractivity contribution in [2.75, 3.05) is 23.3 Å². The fraction of sp³-hybridized carbons (Fsp3) is 0.208. The molecule has 13 heteroatoms. The molecule has 0 saturated heterocycles. The number of urea groups is 1. The van der Waals surface area contributed by atoms with Crippen LogP contribution in [0.3, 0.4) is 0 Å². The topological polar surface area (TPSA) is 78.5 Å². The van der Waals surface area contributed by atoms with E-state index < -0.39 is 57.5 Å². The van der Waals surface area contributed by atoms with Crippen molar-refractivity contribution >= 4 is 27.4 Å². The molecule has 0 atom stereocenters. The Morgan fingerprint density at radius 1 is 0.838 bits per heavy atom. The van der Waals surface area contributed by atoms with Crippen LogP contribution in [-0.2, 0) is 22.4 Å². The van der Waals surface area contributed by atoms with Crippen LogP contribution in [0.15, 0.2) is 77.7 Å². The Balaban J connectivity index is 1.83. The molecule has 0 aliphatic heterocycles. The molecule has 0 aliphatic rings. The minimum atomic E-state index is -4.76. The summed E-state index contributed by atoms with van der Waals surface area (Å²) in [5.41, 5.74) is -1.12. The first-order valence-corrected chi connectivity index (χ1v) is 12.1. The van der Waals surface area contributed by atoms with Crippen LogP contribution < -0.4 is 14.9 Å². The second kappa shape index (κ2) is 10.8. The van der Waals surface area contributed by atoms with Crippen molar-refractivity contribution in [3.8, 4) is 0 Å². The number of nitrogens with zero attached hydrogens (tertiary/aromatic N) is 1. The van der Waals surface area contributed by atoms with E-state index in [4.69, 9.17) is 0 Å². The highest BCUT2D eigenvalue weighted by Gasteiger charge is 2.32. The van der Waals surface area contributed by atoms with Crippen LogP contribution in [0.2, 0.25) is 0 Å². The normalized spacial score (nSPS) is 12.3. The second-order valence-electron chi connectivity index (χ2n) is 7.92. The van der Waals surface area contributed by atoms with Crippen LogP contribution in [0, 0.1) is 6.92 Å². The van der Waals surface area contributed by atoms with Gasteiger partial charge in [-0.2, -0.15) is 26.3 Å². The first-order chi connectivity index (χ1) is 17.2. The van der Waals surface area contributed by atoms with Crippen molar-refractivity contribution in [2.45, 2.75) is 24.2 Å². The summed E-state index contributed by atoms with van der Waals surface area (Å²) in [6.45, 7) is 0.879. The molecule has 0 radical (unpaired) electrons. The van der Waals surface area contributed by atoms with Crippen LogP contribution in [0.1, 0.15) is 16.7 Å². The Morgan fingerprint density at radius 2 is 1.41 bits per heavy atom. The van der Waals surface area contributed by atoms with E-state index in [-0.39, 0.29) is 5.69 Å². The maximum absolute atomic E-state index is 13.2. The van der Waals surface area contributed by atoms with E-state index in [1.54, 1.807) is 24.3 Å². The van der Waals surface area contributed by atoms with Gasteiger partial charge in [-0.25, -0.2) is 17.9 Å². The third-order valence-corrected chi connectivity index (χ3v) is 6.59. The average Bonchev–Trinajstić information content (AvgIpc) is 2.82. The first-order valence-electron chi connectivity index (χ1n) is 10.7. The zero-order valence-electron chi connectivity index (χ0n) is 19.2. The number of anilines is 2. The number of carbonyl (C=O) groups excluding carboxylic acids is 1. The van der Waals surface area contributed by atoms with Crippen molar-refractivity contribution in [2.24, 2.45) is 0 Å². The van der Waals surface area contributed by atoms with Gasteiger partial charge in [0.05, 0.1) is 16.0 Å². The van der Waals surface area contributed by atoms with Gasteiger partial charge in [-0.1, -0.05) is 29.8 Å². The molecule has 0 saturated carbocycles. The summed E-state index contributed by atoms with van der Waals surface area (Å²) in [6.07, 6.45) is -9.46. The first kappa shape index (κ1) is 28.0. The third kappa shape index (κ3) is 7.46. The van der Waals surface area contributed by atoms with E-state index in [0.717, 1.165) is 40.8 Å². The minimum absolute atomic E-state index is 0.169. The highest BCUT2D eigenvalue weighted by molar-refractivity contribution is 7.89. The Kier molecular flexibility index (Phi) is 8.18. The third-order valence-electron chi connectivity index (χ3n) is 5.13. The molecule has 3 aromatic rings. The van der Waals surface area contributed by atoms with E-state index in [1.165, 1.54) is 6.07 Å². The Morgan fingerprint density at radius 3 is 2.00 bits per heavy atom. The number of alkyl halides is 6. The van der Waals surface area contributed by atoms with E-state index in [0.29, 0.717) is 17.8 Å². The predicted molar refractivity (Wildman–Crippen MR) is 126 cm³/mol. The molecule has 37 heavy (non-hydrogen) atoms. The van der Waals surface area contributed by atoms with Gasteiger partial charge in [-0.05, 0) is 55.5 Å². The minimum Gasteiger partial charge on any atom is -0.308 e. The molecule has 0 fully saturated rings. The molecule has 2 amide bonds. The highest BCUT2D eigenvalue weighted by Crippen LogP contribution is 2.32. The SMILES string of the molecule is Cc1ccc(NC(=O)N(CCNS(=O)(=O)c2cccc(C(F)(F)F)c2)c2cccc(C(F)(F)F)c2)cc1. The lowest BCUT2D eigenvalue weighted by Gasteiger charge is -2.24. The number of nitrogens with one attached hydrogen (secondary N) is 2. The van der Waals surface area contributed by atoms with Gasteiger partial charge in [0.25, 0.3) is 0 Å². The molecular weight excluding hydrogens is 524 g/mol. The summed E-state index contributed by atoms with van der Waals surface area (Å²) in [5.74, 6) is 0. The molecule has 3 aromatic carbocycles. The fourth-order valence-electron chi connectivity index (χ4n) is 3.24. The zero-order chi connectivity index (χ0) is 27.4. The van der Waals surface area contributed by atoms with E-state index in [2.05, 4.69) is 10.0 Å². The van der Waals surface area contributed by atoms with Crippen LogP contribution in [-0.4, -0.2) is 27.5 Å². The molecule has 3 rings (SSSR count). The lowest BCUT2D eigenvalue weighted by molar-refractivity contribution is -0.138. The summed E-state index contributed by atoms with van der Waals surface area (Å²) < 4.78 is 106. The highest BCUT2D eigenvalue weighted by atomic mass is 32.2. The molecule has 0 aromatic heterocycles. The largest absolute Gasteiger partial charge is 0.416 e. The Labute approximate surface area is 209 Å². The van der Waals surface area contributed by atoms with Crippen molar-refractivity contribution in [1.29, 1.82) is 0 Å². The fourth-order valence-corrected chi connectivity index (χ4v) is 4.31. The summed E-state index contributed by atoms with van der Waals surface area (Å²) in [4.78, 5) is 13.2. The number of halogens is 6. The average molecular weight is 546 g/mol. The van der Waals surface area contributed by atoms with Gasteiger partial charge in [0.15, 0.2) is 0 Å². The molecule has 0 aliphatic carbocycles. The van der Waals surface area contributed by atoms with Crippen molar-refractivity contribution in [1.82, 2.24) is 4.72 Å². The summed E-state index contributed by atoms with van der Waals surface area (Å²) in [5, 5.41) is 2.53. The molecule has 0 bridgehead atoms. The zero-order valence-corrected chi connectivity index (χ0v) is 20.0. The number of aryl methyl sites for hydroxylation is 1. The van der Waals surface area contributed by atoms with Gasteiger partial charge in [0.2, 0.25) is 10.0 Å². The van der Waals surface area contributed by atoms with Crippen LogP contribution in [0.25, 0.3) is 0 Å². The molecule has 0 spiro atoms. The Hall–Kier alpha value is -3.58. The standard InChI is InChI=1S/C24H21F6N3O3S/c1-16-8-10-19(11-9-16)32-22(34)33(20-6-2-4-17(14-20)23(25,26)27)13-12-31-37(35,36)21-7-3-5-18(15-21)24(28,29)30/h2-11,14-15,31H,12-13H2,1H3,(H,32,34). The van der Waals surface area contributed by atoms with Gasteiger partial charge in [0, 0.05) is 24.5 Å². The van der Waals surface area contributed by atoms with Gasteiger partial charge in [-0.3, -0.25) is 4.90 Å². The number of carbonyl (C=O) groups is 1. The lowest BCUT2D eigenvalue weighted by Crippen LogP contribution is -2.41. The van der Waals surface area contributed by atoms with Gasteiger partial charge >= 0.3 is 18.4 Å². The number of hydrogen-bond donors (Lipinski definition) is 2. The number of rotatable bonds is 7. The maximum atomic E-state index is 13.2. The van der Waals surface area contributed by atoms with Crippen LogP contribution in [0.5, 0.6) is 0 Å². The van der Waals surface area contributed by atoms with E-state index in [1.807, 2.05) is 6.92 Å². The molecule has 0 unspecified atom stereocenters. The van der Waals surface area contributed by atoms with E-state index in [9.17, 15) is 39.6 Å². The van der Waals surface area contributed by atoms with Crippen molar-refractivity contribution < 1.29 is 39.6 Å². The number of hydrogen-bond acceptors (Lipinski definition) is 3. The van der Waals surface area contributed by atoms with Gasteiger partial charge in [-0.15, -0.1) is 0 Å². The summed E-state index contributed by atoms with van der Waals surface area (Å²) in [6, 6.07) is 12.7. The van der Waals surface area contributed by atoms with Crippen molar-refractivity contribution in [3.05, 3.63) is 89.5 Å². The lowest BCUT2D eigenvalue weighted by atomic mass is 10.2. The second-order valence-corrected chi connectivity index (χ2v) is 9.69. The van der Waals surface area contributed by atoms with Crippen molar-refractivity contribution in [3.63, 3.8) is 0 Å². The predicted octanol–water partition coefficient (Wildman–Crippen LogP) is 6.05. The van der Waals surface area contributed by atoms with E-state index >= 15 is 0 Å². The molecule has 198 valence electrons. The molecule has 0 heterocycles. The molecule has 2 N–H and O–H groups in total. The smallest absolute Gasteiger partial charge is 0.308 e. The molecule has 6 nitrogen and oxygen atoms in total. The number of amides is 2. The van der Waals surface area contributed by atoms with Crippen LogP contribution in [0.4, 0.5) is 42.5 Å². The number of benzene rings is 3. The molecular formula is C24H21F6N3O3S. The quantitative estimate of drug-likeness (QED) is 0.355. The summed E-state index contributed by atoms with van der Waals surface area (Å²) in [7, 11) is -4.43. The number of sulfonamides is 1. The van der Waals surface area contributed by atoms with Crippen LogP contribution >= 0.6 is 0 Å². The Bertz CT molecular complexity index is 1360. The monoisotopic (exact) mass is 545 g/mol.